The third kappa shape index (κ3) is 4.95. The van der Waals surface area contributed by atoms with E-state index < -0.39 is 34.6 Å². The van der Waals surface area contributed by atoms with Gasteiger partial charge in [0.25, 0.3) is 11.5 Å². The van der Waals surface area contributed by atoms with Crippen LogP contribution in [-0.2, 0) is 11.3 Å². The first-order valence-electron chi connectivity index (χ1n) is 8.82. The van der Waals surface area contributed by atoms with Crippen LogP contribution < -0.4 is 21.9 Å². The van der Waals surface area contributed by atoms with E-state index in [-0.39, 0.29) is 17.9 Å². The molecule has 3 N–H and O–H groups in total. The molecular formula is C19H21F3N4O3. The van der Waals surface area contributed by atoms with Crippen molar-refractivity contribution < 1.29 is 18.0 Å². The fourth-order valence-electron chi connectivity index (χ4n) is 2.72. The zero-order valence-corrected chi connectivity index (χ0v) is 15.9. The molecule has 1 amide bonds. The van der Waals surface area contributed by atoms with Crippen LogP contribution >= 0.6 is 0 Å². The molecule has 10 heteroatoms. The summed E-state index contributed by atoms with van der Waals surface area (Å²) in [5.74, 6) is -1.40. The van der Waals surface area contributed by atoms with E-state index in [1.54, 1.807) is 6.07 Å². The largest absolute Gasteiger partial charge is 0.417 e. The van der Waals surface area contributed by atoms with Gasteiger partial charge in [-0.25, -0.2) is 4.79 Å². The van der Waals surface area contributed by atoms with Gasteiger partial charge in [0.1, 0.15) is 5.82 Å². The number of likely N-dealkylation sites (N-methyl/N-ethyl adjacent to an activating group) is 1. The Hall–Kier alpha value is -3.30. The number of nitrogen functional groups attached to an aromatic ring is 1. The second-order valence-electron chi connectivity index (χ2n) is 6.32. The van der Waals surface area contributed by atoms with E-state index in [0.717, 1.165) is 18.0 Å². The van der Waals surface area contributed by atoms with Crippen molar-refractivity contribution in [1.29, 1.82) is 0 Å². The Morgan fingerprint density at radius 3 is 2.41 bits per heavy atom. The van der Waals surface area contributed by atoms with Gasteiger partial charge in [-0.3, -0.25) is 19.1 Å². The highest BCUT2D eigenvalue weighted by atomic mass is 19.4. The predicted octanol–water partition coefficient (Wildman–Crippen LogP) is 2.53. The maximum atomic E-state index is 13.5. The molecule has 156 valence electrons. The summed E-state index contributed by atoms with van der Waals surface area (Å²) in [5, 5.41) is 0. The first-order valence-corrected chi connectivity index (χ1v) is 8.82. The van der Waals surface area contributed by atoms with Crippen molar-refractivity contribution in [3.05, 3.63) is 62.8 Å². The molecule has 0 fully saturated rings. The third-order valence-corrected chi connectivity index (χ3v) is 4.27. The lowest BCUT2D eigenvalue weighted by Gasteiger charge is -2.20. The van der Waals surface area contributed by atoms with Gasteiger partial charge in [-0.15, -0.1) is 0 Å². The van der Waals surface area contributed by atoms with Crippen molar-refractivity contribution in [3.8, 4) is 0 Å². The molecule has 0 aliphatic rings. The smallest absolute Gasteiger partial charge is 0.383 e. The number of benzene rings is 1. The quantitative estimate of drug-likeness (QED) is 0.715. The number of carbonyl (C=O) groups excluding carboxylic acids is 1. The summed E-state index contributed by atoms with van der Waals surface area (Å²) in [6.45, 7) is 2.08. The molecule has 0 aliphatic carbocycles. The molecule has 0 unspecified atom stereocenters. The van der Waals surface area contributed by atoms with Gasteiger partial charge in [0.15, 0.2) is 5.69 Å². The fraction of sp³-hybridized carbons (Fsp3) is 0.316. The van der Waals surface area contributed by atoms with Gasteiger partial charge in [0, 0.05) is 19.7 Å². The molecule has 1 aromatic carbocycles. The minimum Gasteiger partial charge on any atom is -0.383 e. The van der Waals surface area contributed by atoms with Crippen LogP contribution in [-0.4, -0.2) is 28.7 Å². The van der Waals surface area contributed by atoms with E-state index in [2.05, 4.69) is 0 Å². The number of allylic oxidation sites excluding steroid dienone is 1. The average molecular weight is 410 g/mol. The molecule has 0 saturated heterocycles. The van der Waals surface area contributed by atoms with Crippen LogP contribution in [0.4, 0.5) is 24.7 Å². The second kappa shape index (κ2) is 8.80. The summed E-state index contributed by atoms with van der Waals surface area (Å²) in [5.41, 5.74) is 2.44. The van der Waals surface area contributed by atoms with E-state index in [1.807, 2.05) is 11.9 Å². The number of rotatable bonds is 6. The Morgan fingerprint density at radius 1 is 1.24 bits per heavy atom. The van der Waals surface area contributed by atoms with Crippen LogP contribution in [0.3, 0.4) is 0 Å². The molecule has 0 bridgehead atoms. The number of halogens is 3. The number of nitrogens with one attached hydrogen (secondary N) is 1. The number of nitrogens with two attached hydrogens (primary N) is 1. The van der Waals surface area contributed by atoms with Crippen LogP contribution in [0, 0.1) is 0 Å². The normalized spacial score (nSPS) is 12.1. The van der Waals surface area contributed by atoms with Crippen LogP contribution in [0.5, 0.6) is 0 Å². The molecule has 2 rings (SSSR count). The van der Waals surface area contributed by atoms with Gasteiger partial charge in [0.2, 0.25) is 0 Å². The molecule has 1 heterocycles. The first kappa shape index (κ1) is 22.0. The number of hydrogen-bond donors (Lipinski definition) is 2. The van der Waals surface area contributed by atoms with E-state index in [0.29, 0.717) is 17.4 Å². The lowest BCUT2D eigenvalue weighted by Crippen LogP contribution is -2.39. The number of alkyl halides is 3. The molecule has 0 radical (unpaired) electrons. The lowest BCUT2D eigenvalue weighted by molar-refractivity contribution is -0.114. The topological polar surface area (TPSA) is 101 Å². The number of anilines is 2. The number of amides is 1. The standard InChI is InChI=1S/C19H21F3N4O3/c1-3-4-10-26-16(23)15(17(28)24-18(26)29)25(2)14(27)11-13(19(20,21)22)12-8-6-5-7-9-12/h5-9,11H,3-4,10,23H2,1-2H3,(H,24,28,29)/b13-11-. The molecular weight excluding hydrogens is 389 g/mol. The Balaban J connectivity index is 2.52. The molecule has 0 saturated carbocycles. The van der Waals surface area contributed by atoms with Crippen molar-refractivity contribution in [1.82, 2.24) is 9.55 Å². The highest BCUT2D eigenvalue weighted by Gasteiger charge is 2.36. The van der Waals surface area contributed by atoms with E-state index >= 15 is 0 Å². The van der Waals surface area contributed by atoms with Gasteiger partial charge >= 0.3 is 11.9 Å². The molecule has 29 heavy (non-hydrogen) atoms. The number of hydrogen-bond acceptors (Lipinski definition) is 4. The zero-order chi connectivity index (χ0) is 21.8. The molecule has 0 aliphatic heterocycles. The summed E-state index contributed by atoms with van der Waals surface area (Å²) in [6, 6.07) is 6.81. The van der Waals surface area contributed by atoms with E-state index in [4.69, 9.17) is 5.73 Å². The average Bonchev–Trinajstić information content (AvgIpc) is 2.65. The Morgan fingerprint density at radius 2 is 1.86 bits per heavy atom. The number of carbonyl (C=O) groups is 1. The summed E-state index contributed by atoms with van der Waals surface area (Å²) >= 11 is 0. The Kier molecular flexibility index (Phi) is 6.68. The highest BCUT2D eigenvalue weighted by Crippen LogP contribution is 2.34. The molecule has 7 nitrogen and oxygen atoms in total. The van der Waals surface area contributed by atoms with Crippen molar-refractivity contribution in [2.24, 2.45) is 0 Å². The molecule has 0 spiro atoms. The number of nitrogens with zero attached hydrogens (tertiary/aromatic N) is 2. The Bertz CT molecular complexity index is 1020. The van der Waals surface area contributed by atoms with Crippen molar-refractivity contribution in [2.75, 3.05) is 17.7 Å². The van der Waals surface area contributed by atoms with Crippen LogP contribution in [0.1, 0.15) is 25.3 Å². The minimum absolute atomic E-state index is 0.195. The molecule has 0 atom stereocenters. The van der Waals surface area contributed by atoms with Gasteiger partial charge in [-0.2, -0.15) is 13.2 Å². The van der Waals surface area contributed by atoms with Crippen molar-refractivity contribution in [3.63, 3.8) is 0 Å². The van der Waals surface area contributed by atoms with Crippen molar-refractivity contribution >= 4 is 23.0 Å². The monoisotopic (exact) mass is 410 g/mol. The zero-order valence-electron chi connectivity index (χ0n) is 15.9. The summed E-state index contributed by atoms with van der Waals surface area (Å²) in [6.07, 6.45) is -3.07. The van der Waals surface area contributed by atoms with Gasteiger partial charge in [-0.05, 0) is 12.0 Å². The number of aromatic nitrogens is 2. The van der Waals surface area contributed by atoms with Gasteiger partial charge in [0.05, 0.1) is 5.57 Å². The number of H-pyrrole nitrogens is 1. The Labute approximate surface area is 164 Å². The maximum absolute atomic E-state index is 13.5. The maximum Gasteiger partial charge on any atom is 0.417 e. The minimum atomic E-state index is -4.80. The van der Waals surface area contributed by atoms with Crippen molar-refractivity contribution in [2.45, 2.75) is 32.5 Å². The lowest BCUT2D eigenvalue weighted by atomic mass is 10.0. The summed E-state index contributed by atoms with van der Waals surface area (Å²) in [4.78, 5) is 39.5. The third-order valence-electron chi connectivity index (χ3n) is 4.27. The second-order valence-corrected chi connectivity index (χ2v) is 6.32. The van der Waals surface area contributed by atoms with Gasteiger partial charge < -0.3 is 10.6 Å². The summed E-state index contributed by atoms with van der Waals surface area (Å²) in [7, 11) is 1.12. The first-order chi connectivity index (χ1) is 13.6. The fourth-order valence-corrected chi connectivity index (χ4v) is 2.72. The SMILES string of the molecule is CCCCn1c(N)c(N(C)C(=O)/C=C(/c2ccccc2)C(F)(F)F)c(=O)[nH]c1=O. The number of unbranched alkanes of at least 4 members (excludes halogenated alkanes) is 1. The van der Waals surface area contributed by atoms with E-state index in [1.165, 1.54) is 24.3 Å². The van der Waals surface area contributed by atoms with E-state index in [9.17, 15) is 27.6 Å². The highest BCUT2D eigenvalue weighted by molar-refractivity contribution is 6.06. The predicted molar refractivity (Wildman–Crippen MR) is 105 cm³/mol. The van der Waals surface area contributed by atoms with Crippen LogP contribution in [0.2, 0.25) is 0 Å². The molecule has 1 aromatic heterocycles. The summed E-state index contributed by atoms with van der Waals surface area (Å²) < 4.78 is 41.5. The van der Waals surface area contributed by atoms with Crippen LogP contribution in [0.25, 0.3) is 5.57 Å². The van der Waals surface area contributed by atoms with Gasteiger partial charge in [-0.1, -0.05) is 43.7 Å². The molecule has 2 aromatic rings. The number of aromatic amines is 1. The van der Waals surface area contributed by atoms with Crippen LogP contribution in [0.15, 0.2) is 46.0 Å².